The minimum Gasteiger partial charge on any atom is -0.166 e. The van der Waals surface area contributed by atoms with Gasteiger partial charge in [0.05, 0.1) is 16.1 Å². The van der Waals surface area contributed by atoms with Crippen LogP contribution in [0.3, 0.4) is 0 Å². The van der Waals surface area contributed by atoms with Gasteiger partial charge in [0, 0.05) is 10.0 Å². The molecule has 3 aromatic rings. The fraction of sp³-hybridized carbons (Fsp3) is 0.400. The van der Waals surface area contributed by atoms with E-state index in [1.54, 1.807) is 6.92 Å². The summed E-state index contributed by atoms with van der Waals surface area (Å²) in [5.41, 5.74) is 0.258. The van der Waals surface area contributed by atoms with Crippen LogP contribution >= 0.6 is 34.8 Å². The second-order valence-corrected chi connectivity index (χ2v) is 11.6. The number of benzene rings is 3. The van der Waals surface area contributed by atoms with Gasteiger partial charge in [-0.2, -0.15) is 26.3 Å². The minimum atomic E-state index is -4.74. The topological polar surface area (TPSA) is 0 Å². The van der Waals surface area contributed by atoms with E-state index in [9.17, 15) is 26.3 Å². The van der Waals surface area contributed by atoms with Crippen LogP contribution in [0.25, 0.3) is 0 Å². The van der Waals surface area contributed by atoms with E-state index in [1.165, 1.54) is 31.2 Å². The van der Waals surface area contributed by atoms with Crippen molar-refractivity contribution >= 4 is 34.8 Å². The molecule has 0 spiro atoms. The highest BCUT2D eigenvalue weighted by molar-refractivity contribution is 6.32. The summed E-state index contributed by atoms with van der Waals surface area (Å²) in [5.74, 6) is -0.996. The number of hydrogen-bond acceptors (Lipinski definition) is 0. The second-order valence-electron chi connectivity index (χ2n) is 10.3. The molecule has 212 valence electrons. The first-order chi connectivity index (χ1) is 18.0. The van der Waals surface area contributed by atoms with Crippen molar-refractivity contribution in [1.29, 1.82) is 0 Å². The molecule has 3 rings (SSSR count). The summed E-state index contributed by atoms with van der Waals surface area (Å²) in [4.78, 5) is 0. The van der Waals surface area contributed by atoms with Gasteiger partial charge < -0.3 is 0 Å². The van der Waals surface area contributed by atoms with Crippen molar-refractivity contribution < 1.29 is 26.3 Å². The van der Waals surface area contributed by atoms with Gasteiger partial charge in [0.25, 0.3) is 0 Å². The van der Waals surface area contributed by atoms with E-state index in [0.717, 1.165) is 17.2 Å². The molecule has 0 heterocycles. The van der Waals surface area contributed by atoms with Crippen molar-refractivity contribution in [3.05, 3.63) is 103 Å². The van der Waals surface area contributed by atoms with E-state index >= 15 is 0 Å². The van der Waals surface area contributed by atoms with Gasteiger partial charge >= 0.3 is 12.4 Å². The summed E-state index contributed by atoms with van der Waals surface area (Å²) < 4.78 is 83.6. The molecular formula is C30H29Cl3F6. The summed E-state index contributed by atoms with van der Waals surface area (Å²) in [6, 6.07) is 12.0. The van der Waals surface area contributed by atoms with Crippen LogP contribution in [0.1, 0.15) is 90.8 Å². The number of halogens is 9. The lowest BCUT2D eigenvalue weighted by molar-refractivity contribution is -0.139. The maximum absolute atomic E-state index is 14.3. The third kappa shape index (κ3) is 7.86. The van der Waals surface area contributed by atoms with Gasteiger partial charge in [-0.1, -0.05) is 86.8 Å². The van der Waals surface area contributed by atoms with Gasteiger partial charge in [-0.15, -0.1) is 0 Å². The van der Waals surface area contributed by atoms with Crippen LogP contribution < -0.4 is 0 Å². The van der Waals surface area contributed by atoms with Crippen LogP contribution in [0.2, 0.25) is 15.1 Å². The van der Waals surface area contributed by atoms with E-state index < -0.39 is 40.3 Å². The average Bonchev–Trinajstić information content (AvgIpc) is 2.81. The van der Waals surface area contributed by atoms with Crippen LogP contribution in [0.4, 0.5) is 26.3 Å². The first-order valence-electron chi connectivity index (χ1n) is 12.5. The molecule has 39 heavy (non-hydrogen) atoms. The fourth-order valence-corrected chi connectivity index (χ4v) is 5.62. The molecule has 0 aliphatic rings. The lowest BCUT2D eigenvalue weighted by atomic mass is 9.85. The Morgan fingerprint density at radius 2 is 1.33 bits per heavy atom. The highest BCUT2D eigenvalue weighted by atomic mass is 35.5. The Labute approximate surface area is 240 Å². The highest BCUT2D eigenvalue weighted by Crippen LogP contribution is 2.44. The largest absolute Gasteiger partial charge is 0.418 e. The quantitative estimate of drug-likeness (QED) is 0.223. The SMILES string of the molecule is CC(C)c1cc(Cl)cc(CCC(C)c2ccc(CC(C)c3ccc(Cl)cc3C(F)(F)F)c(Cl)c2C(F)(F)F)c1. The fourth-order valence-electron chi connectivity index (χ4n) is 4.83. The van der Waals surface area contributed by atoms with Gasteiger partial charge in [0.15, 0.2) is 0 Å². The predicted octanol–water partition coefficient (Wildman–Crippen LogP) is 11.9. The maximum Gasteiger partial charge on any atom is 0.418 e. The molecule has 2 atom stereocenters. The van der Waals surface area contributed by atoms with Crippen molar-refractivity contribution in [1.82, 2.24) is 0 Å². The molecule has 0 amide bonds. The first kappa shape index (κ1) is 31.6. The summed E-state index contributed by atoms with van der Waals surface area (Å²) in [6.07, 6.45) is -8.56. The van der Waals surface area contributed by atoms with Crippen molar-refractivity contribution in [2.45, 2.75) is 77.1 Å². The predicted molar refractivity (Wildman–Crippen MR) is 147 cm³/mol. The zero-order chi connectivity index (χ0) is 29.3. The van der Waals surface area contributed by atoms with Crippen molar-refractivity contribution in [3.8, 4) is 0 Å². The molecule has 0 nitrogen and oxygen atoms in total. The zero-order valence-electron chi connectivity index (χ0n) is 21.9. The molecule has 9 heteroatoms. The lowest BCUT2D eigenvalue weighted by Crippen LogP contribution is -2.15. The van der Waals surface area contributed by atoms with Crippen molar-refractivity contribution in [2.75, 3.05) is 0 Å². The van der Waals surface area contributed by atoms with Crippen LogP contribution in [-0.4, -0.2) is 0 Å². The number of hydrogen-bond donors (Lipinski definition) is 0. The molecule has 0 aliphatic carbocycles. The van der Waals surface area contributed by atoms with Gasteiger partial charge in [-0.3, -0.25) is 0 Å². The van der Waals surface area contributed by atoms with Crippen LogP contribution in [-0.2, 0) is 25.2 Å². The average molecular weight is 610 g/mol. The molecule has 3 aromatic carbocycles. The second kappa shape index (κ2) is 12.3. The molecule has 2 unspecified atom stereocenters. The van der Waals surface area contributed by atoms with Gasteiger partial charge in [-0.25, -0.2) is 0 Å². The summed E-state index contributed by atoms with van der Waals surface area (Å²) >= 11 is 18.4. The van der Waals surface area contributed by atoms with E-state index in [2.05, 4.69) is 0 Å². The van der Waals surface area contributed by atoms with E-state index in [0.29, 0.717) is 17.9 Å². The molecule has 0 saturated carbocycles. The smallest absolute Gasteiger partial charge is 0.166 e. The van der Waals surface area contributed by atoms with Crippen LogP contribution in [0, 0.1) is 0 Å². The molecular weight excluding hydrogens is 581 g/mol. The van der Waals surface area contributed by atoms with Crippen LogP contribution in [0.15, 0.2) is 48.5 Å². The molecule has 0 bridgehead atoms. The monoisotopic (exact) mass is 608 g/mol. The zero-order valence-corrected chi connectivity index (χ0v) is 24.1. The Bertz CT molecular complexity index is 1310. The Balaban J connectivity index is 1.91. The maximum atomic E-state index is 14.3. The van der Waals surface area contributed by atoms with E-state index in [1.807, 2.05) is 32.0 Å². The number of rotatable bonds is 8. The van der Waals surface area contributed by atoms with Crippen LogP contribution in [0.5, 0.6) is 0 Å². The van der Waals surface area contributed by atoms with Crippen molar-refractivity contribution in [2.24, 2.45) is 0 Å². The van der Waals surface area contributed by atoms with Gasteiger partial charge in [0.1, 0.15) is 0 Å². The first-order valence-corrected chi connectivity index (χ1v) is 13.7. The molecule has 0 N–H and O–H groups in total. The summed E-state index contributed by atoms with van der Waals surface area (Å²) in [7, 11) is 0. The third-order valence-corrected chi connectivity index (χ3v) is 7.84. The lowest BCUT2D eigenvalue weighted by Gasteiger charge is -2.23. The van der Waals surface area contributed by atoms with Crippen molar-refractivity contribution in [3.63, 3.8) is 0 Å². The van der Waals surface area contributed by atoms with E-state index in [-0.39, 0.29) is 34.1 Å². The Kier molecular flexibility index (Phi) is 9.99. The Hall–Kier alpha value is -1.89. The Morgan fingerprint density at radius 1 is 0.692 bits per heavy atom. The molecule has 0 aromatic heterocycles. The number of aryl methyl sites for hydroxylation is 1. The molecule has 0 saturated heterocycles. The molecule has 0 aliphatic heterocycles. The van der Waals surface area contributed by atoms with Gasteiger partial charge in [-0.05, 0) is 89.1 Å². The normalized spacial score (nSPS) is 14.1. The van der Waals surface area contributed by atoms with Gasteiger partial charge in [0.2, 0.25) is 0 Å². The van der Waals surface area contributed by atoms with E-state index in [4.69, 9.17) is 34.8 Å². The molecule has 0 fully saturated rings. The highest BCUT2D eigenvalue weighted by Gasteiger charge is 2.39. The molecule has 0 radical (unpaired) electrons. The summed E-state index contributed by atoms with van der Waals surface area (Å²) in [6.45, 7) is 7.30. The minimum absolute atomic E-state index is 0.0532. The third-order valence-electron chi connectivity index (χ3n) is 6.96. The standard InChI is InChI=1S/C30H29Cl3F6/c1-16(2)21-12-19(13-23(32)14-21)6-5-17(3)25-9-7-20(28(33)27(25)30(37,38)39)11-18(4)24-10-8-22(31)15-26(24)29(34,35)36/h7-10,12-18H,5-6,11H2,1-4H3. The Morgan fingerprint density at radius 3 is 1.92 bits per heavy atom. The summed E-state index contributed by atoms with van der Waals surface area (Å²) in [5, 5.41) is 0.0222. The number of alkyl halides is 6.